The quantitative estimate of drug-likeness (QED) is 0.0560. The minimum absolute atomic E-state index is 0.100. The summed E-state index contributed by atoms with van der Waals surface area (Å²) in [5.74, 6) is -2.51. The maximum atomic E-state index is 12.9. The van der Waals surface area contributed by atoms with Gasteiger partial charge in [-0.3, -0.25) is 19.6 Å². The molecule has 0 saturated heterocycles. The number of rotatable bonds is 17. The van der Waals surface area contributed by atoms with Gasteiger partial charge in [0, 0.05) is 0 Å². The Balaban J connectivity index is 2.14. The molecule has 0 aliphatic carbocycles. The number of nitrogens with one attached hydrogen (secondary N) is 2. The van der Waals surface area contributed by atoms with Crippen molar-refractivity contribution >= 4 is 24.2 Å². The fourth-order valence-corrected chi connectivity index (χ4v) is 4.29. The fraction of sp³-hybridized carbons (Fsp3) is 0.500. The molecule has 12 heteroatoms. The van der Waals surface area contributed by atoms with Crippen molar-refractivity contribution in [2.45, 2.75) is 65.8 Å². The van der Waals surface area contributed by atoms with Gasteiger partial charge in [0.05, 0.1) is 37.4 Å². The molecule has 0 radical (unpaired) electrons. The van der Waals surface area contributed by atoms with E-state index in [4.69, 9.17) is 13.9 Å². The van der Waals surface area contributed by atoms with Gasteiger partial charge < -0.3 is 29.6 Å². The first-order chi connectivity index (χ1) is 19.2. The first-order valence-electron chi connectivity index (χ1n) is 13.5. The van der Waals surface area contributed by atoms with Crippen LogP contribution < -0.4 is 15.4 Å². The van der Waals surface area contributed by atoms with E-state index in [9.17, 15) is 29.5 Å². The molecule has 220 valence electrons. The molecule has 1 unspecified atom stereocenters. The Kier molecular flexibility index (Phi) is 13.0. The van der Waals surface area contributed by atoms with Crippen molar-refractivity contribution in [3.63, 3.8) is 0 Å². The van der Waals surface area contributed by atoms with Gasteiger partial charge in [0.15, 0.2) is 5.76 Å². The summed E-state index contributed by atoms with van der Waals surface area (Å²) in [6.45, 7) is 7.41. The topological polar surface area (TPSA) is 168 Å². The Morgan fingerprint density at radius 3 is 2.45 bits per heavy atom. The van der Waals surface area contributed by atoms with Crippen LogP contribution in [0.15, 0.2) is 28.7 Å². The second-order valence-electron chi connectivity index (χ2n) is 8.97. The second kappa shape index (κ2) is 16.1. The van der Waals surface area contributed by atoms with E-state index < -0.39 is 29.7 Å². The van der Waals surface area contributed by atoms with Crippen molar-refractivity contribution < 1.29 is 43.4 Å². The van der Waals surface area contributed by atoms with Gasteiger partial charge in [-0.1, -0.05) is 33.1 Å². The van der Waals surface area contributed by atoms with Crippen LogP contribution in [-0.4, -0.2) is 65.5 Å². The molecular weight excluding hydrogens is 522 g/mol. The zero-order valence-corrected chi connectivity index (χ0v) is 23.4. The number of carbonyl (C=O) groups is 4. The minimum atomic E-state index is -0.737. The highest BCUT2D eigenvalue weighted by Crippen LogP contribution is 2.37. The number of benzene rings is 1. The van der Waals surface area contributed by atoms with E-state index in [-0.39, 0.29) is 48.1 Å². The van der Waals surface area contributed by atoms with Gasteiger partial charge in [-0.15, -0.1) is 0 Å². The highest BCUT2D eigenvalue weighted by atomic mass is 16.5. The molecule has 0 aliphatic rings. The average molecular weight is 562 g/mol. The summed E-state index contributed by atoms with van der Waals surface area (Å²) < 4.78 is 16.1. The number of phenols is 1. The lowest BCUT2D eigenvalue weighted by Gasteiger charge is -2.29. The molecular formula is C28H39N3O9. The number of ether oxygens (including phenoxy) is 2. The van der Waals surface area contributed by atoms with Crippen molar-refractivity contribution in [2.75, 3.05) is 19.9 Å². The predicted molar refractivity (Wildman–Crippen MR) is 145 cm³/mol. The zero-order chi connectivity index (χ0) is 29.7. The van der Waals surface area contributed by atoms with Crippen molar-refractivity contribution in [1.82, 2.24) is 15.7 Å². The van der Waals surface area contributed by atoms with Crippen LogP contribution in [0.3, 0.4) is 0 Å². The standard InChI is InChI=1S/C28H39N3O9/c1-5-9-10-11-19(22(6-2)31(37)17-32)26(34)29-16-30-27(35)24-13-12-23(40-24)20-14-18(38-7-3)15-21(25(20)33)28(36)39-8-4/h12-15,17,19,22,33,37H,5-11,16H2,1-4H3,(H,29,34)(H,30,35)/t19?,22-/m1/s1. The third-order valence-electron chi connectivity index (χ3n) is 6.28. The largest absolute Gasteiger partial charge is 0.506 e. The highest BCUT2D eigenvalue weighted by Gasteiger charge is 2.30. The lowest BCUT2D eigenvalue weighted by atomic mass is 9.90. The van der Waals surface area contributed by atoms with Crippen molar-refractivity contribution in [3.8, 4) is 22.8 Å². The van der Waals surface area contributed by atoms with Crippen LogP contribution in [0.4, 0.5) is 0 Å². The average Bonchev–Trinajstić information content (AvgIpc) is 3.43. The van der Waals surface area contributed by atoms with Gasteiger partial charge in [-0.05, 0) is 51.0 Å². The molecule has 40 heavy (non-hydrogen) atoms. The SMILES string of the molecule is CCCCCC(C(=O)NCNC(=O)c1ccc(-c2cc(OCC)cc(C(=O)OCC)c2O)o1)[C@@H](CC)N(O)C=O. The van der Waals surface area contributed by atoms with Crippen LogP contribution in [0.5, 0.6) is 11.5 Å². The lowest BCUT2D eigenvalue weighted by Crippen LogP contribution is -2.47. The first kappa shape index (κ1) is 32.2. The molecule has 1 heterocycles. The number of nitrogens with zero attached hydrogens (tertiary/aromatic N) is 1. The van der Waals surface area contributed by atoms with Gasteiger partial charge in [0.25, 0.3) is 5.91 Å². The Hall–Kier alpha value is -4.06. The molecule has 1 aromatic heterocycles. The molecule has 12 nitrogen and oxygen atoms in total. The van der Waals surface area contributed by atoms with Crippen molar-refractivity contribution in [1.29, 1.82) is 0 Å². The number of esters is 1. The summed E-state index contributed by atoms with van der Waals surface area (Å²) in [6.07, 6.45) is 3.71. The van der Waals surface area contributed by atoms with E-state index in [1.54, 1.807) is 20.8 Å². The summed E-state index contributed by atoms with van der Waals surface area (Å²) in [5, 5.41) is 26.4. The first-order valence-corrected chi connectivity index (χ1v) is 13.5. The fourth-order valence-electron chi connectivity index (χ4n) is 4.29. The maximum absolute atomic E-state index is 12.9. The van der Waals surface area contributed by atoms with Crippen LogP contribution in [0, 0.1) is 5.92 Å². The zero-order valence-electron chi connectivity index (χ0n) is 23.4. The summed E-state index contributed by atoms with van der Waals surface area (Å²) in [5.41, 5.74) is 0.0217. The van der Waals surface area contributed by atoms with Gasteiger partial charge in [-0.25, -0.2) is 9.86 Å². The number of aromatic hydroxyl groups is 1. The Labute approximate surface area is 233 Å². The van der Waals surface area contributed by atoms with E-state index in [0.717, 1.165) is 19.3 Å². The van der Waals surface area contributed by atoms with Crippen LogP contribution >= 0.6 is 0 Å². The summed E-state index contributed by atoms with van der Waals surface area (Å²) in [4.78, 5) is 49.0. The van der Waals surface area contributed by atoms with Gasteiger partial charge >= 0.3 is 5.97 Å². The minimum Gasteiger partial charge on any atom is -0.506 e. The van der Waals surface area contributed by atoms with Crippen LogP contribution in [0.25, 0.3) is 11.3 Å². The molecule has 0 spiro atoms. The Morgan fingerprint density at radius 1 is 1.07 bits per heavy atom. The molecule has 0 aliphatic heterocycles. The number of hydrogen-bond donors (Lipinski definition) is 4. The predicted octanol–water partition coefficient (Wildman–Crippen LogP) is 3.85. The third kappa shape index (κ3) is 8.47. The molecule has 1 aromatic carbocycles. The third-order valence-corrected chi connectivity index (χ3v) is 6.28. The van der Waals surface area contributed by atoms with E-state index >= 15 is 0 Å². The smallest absolute Gasteiger partial charge is 0.342 e. The Morgan fingerprint density at radius 2 is 1.82 bits per heavy atom. The highest BCUT2D eigenvalue weighted by molar-refractivity contribution is 5.96. The van der Waals surface area contributed by atoms with Crippen LogP contribution in [0.1, 0.15) is 80.7 Å². The van der Waals surface area contributed by atoms with Crippen LogP contribution in [-0.2, 0) is 14.3 Å². The van der Waals surface area contributed by atoms with Gasteiger partial charge in [0.2, 0.25) is 12.3 Å². The normalized spacial score (nSPS) is 12.2. The van der Waals surface area contributed by atoms with E-state index in [1.165, 1.54) is 24.3 Å². The summed E-state index contributed by atoms with van der Waals surface area (Å²) in [6, 6.07) is 4.99. The van der Waals surface area contributed by atoms with Crippen molar-refractivity contribution in [3.05, 3.63) is 35.6 Å². The molecule has 2 aromatic rings. The van der Waals surface area contributed by atoms with Gasteiger partial charge in [0.1, 0.15) is 22.8 Å². The van der Waals surface area contributed by atoms with E-state index in [0.29, 0.717) is 30.3 Å². The van der Waals surface area contributed by atoms with Crippen LogP contribution in [0.2, 0.25) is 0 Å². The Bertz CT molecular complexity index is 1150. The molecule has 0 bridgehead atoms. The number of furan rings is 1. The number of phenolic OH excluding ortho intramolecular Hbond substituents is 1. The maximum Gasteiger partial charge on any atom is 0.342 e. The summed E-state index contributed by atoms with van der Waals surface area (Å²) >= 11 is 0. The second-order valence-corrected chi connectivity index (χ2v) is 8.97. The molecule has 4 N–H and O–H groups in total. The number of hydroxylamine groups is 2. The number of amides is 3. The number of unbranched alkanes of at least 4 members (excludes halogenated alkanes) is 2. The number of hydrogen-bond acceptors (Lipinski definition) is 9. The monoisotopic (exact) mass is 561 g/mol. The lowest BCUT2D eigenvalue weighted by molar-refractivity contribution is -0.168. The van der Waals surface area contributed by atoms with Gasteiger partial charge in [-0.2, -0.15) is 0 Å². The van der Waals surface area contributed by atoms with E-state index in [1.807, 2.05) is 6.92 Å². The van der Waals surface area contributed by atoms with Crippen molar-refractivity contribution in [2.24, 2.45) is 5.92 Å². The molecule has 0 fully saturated rings. The summed E-state index contributed by atoms with van der Waals surface area (Å²) in [7, 11) is 0. The molecule has 0 saturated carbocycles. The molecule has 2 rings (SSSR count). The van der Waals surface area contributed by atoms with E-state index in [2.05, 4.69) is 10.6 Å². The molecule has 2 atom stereocenters. The molecule has 3 amide bonds. The number of carbonyl (C=O) groups excluding carboxylic acids is 4.